The van der Waals surface area contributed by atoms with Gasteiger partial charge in [-0.3, -0.25) is 4.79 Å². The Morgan fingerprint density at radius 2 is 1.87 bits per heavy atom. The van der Waals surface area contributed by atoms with Crippen molar-refractivity contribution in [1.82, 2.24) is 0 Å². The van der Waals surface area contributed by atoms with Crippen LogP contribution in [0.25, 0.3) is 6.08 Å². The first-order valence-electron chi connectivity index (χ1n) is 12.5. The fourth-order valence-corrected chi connectivity index (χ4v) is 8.17. The number of hydrogen-bond acceptors (Lipinski definition) is 2. The molecule has 2 nitrogen and oxygen atoms in total. The quantitative estimate of drug-likeness (QED) is 0.448. The summed E-state index contributed by atoms with van der Waals surface area (Å²) in [5, 5.41) is 10.2. The maximum absolute atomic E-state index is 13.4. The molecule has 31 heavy (non-hydrogen) atoms. The van der Waals surface area contributed by atoms with Gasteiger partial charge in [-0.2, -0.15) is 0 Å². The summed E-state index contributed by atoms with van der Waals surface area (Å²) in [4.78, 5) is 13.4. The van der Waals surface area contributed by atoms with Gasteiger partial charge >= 0.3 is 0 Å². The van der Waals surface area contributed by atoms with Gasteiger partial charge < -0.3 is 5.11 Å². The summed E-state index contributed by atoms with van der Waals surface area (Å²) < 4.78 is 0. The normalized spacial score (nSPS) is 41.9. The predicted molar refractivity (Wildman–Crippen MR) is 126 cm³/mol. The van der Waals surface area contributed by atoms with Gasteiger partial charge in [0.1, 0.15) is 0 Å². The van der Waals surface area contributed by atoms with Crippen molar-refractivity contribution >= 4 is 11.9 Å². The first-order chi connectivity index (χ1) is 14.8. The minimum absolute atomic E-state index is 0.141. The molecule has 0 spiro atoms. The van der Waals surface area contributed by atoms with Crippen LogP contribution >= 0.6 is 0 Å². The number of carbonyl (C=O) groups is 1. The highest BCUT2D eigenvalue weighted by atomic mass is 16.3. The zero-order chi connectivity index (χ0) is 21.8. The van der Waals surface area contributed by atoms with Gasteiger partial charge in [0.25, 0.3) is 0 Å². The number of fused-ring (bicyclic) bond motifs is 5. The van der Waals surface area contributed by atoms with Crippen molar-refractivity contribution in [3.8, 4) is 0 Å². The lowest BCUT2D eigenvalue weighted by Gasteiger charge is -2.57. The zero-order valence-corrected chi connectivity index (χ0v) is 19.4. The number of carbonyl (C=O) groups excluding carboxylic acids is 1. The van der Waals surface area contributed by atoms with Crippen LogP contribution in [0.2, 0.25) is 0 Å². The summed E-state index contributed by atoms with van der Waals surface area (Å²) in [6.07, 6.45) is 15.0. The Hall–Kier alpha value is -1.67. The van der Waals surface area contributed by atoms with E-state index in [1.165, 1.54) is 30.4 Å². The Labute approximate surface area is 187 Å². The number of rotatable bonds is 3. The molecule has 0 amide bonds. The molecule has 0 saturated heterocycles. The van der Waals surface area contributed by atoms with Crippen LogP contribution in [0.5, 0.6) is 0 Å². The molecule has 2 heteroatoms. The molecule has 0 radical (unpaired) electrons. The molecular formula is C29H38O2. The van der Waals surface area contributed by atoms with Gasteiger partial charge in [-0.05, 0) is 104 Å². The average Bonchev–Trinajstić information content (AvgIpc) is 3.11. The molecule has 166 valence electrons. The second-order valence-electron chi connectivity index (χ2n) is 11.4. The van der Waals surface area contributed by atoms with Crippen LogP contribution < -0.4 is 0 Å². The van der Waals surface area contributed by atoms with Crippen LogP contribution in [0, 0.1) is 41.4 Å². The van der Waals surface area contributed by atoms with E-state index in [9.17, 15) is 9.90 Å². The number of aliphatic hydroxyl groups excluding tert-OH is 1. The van der Waals surface area contributed by atoms with Crippen LogP contribution in [0.15, 0.2) is 42.0 Å². The van der Waals surface area contributed by atoms with E-state index in [1.807, 2.05) is 24.3 Å². The fraction of sp³-hybridized carbons (Fsp3) is 0.621. The van der Waals surface area contributed by atoms with E-state index < -0.39 is 0 Å². The SMILES string of the molecule is Cc1ccccc1/C=C/C(=O)C1CC[C@H]2[C@@H]3CC=C4CC(O)CC[C@]4(C)[C@H]3CC[C@]12C. The molecule has 5 rings (SSSR count). The lowest BCUT2D eigenvalue weighted by Crippen LogP contribution is -2.50. The number of hydrogen-bond donors (Lipinski definition) is 1. The standard InChI is InChI=1S/C29H38O2/c1-19-6-4-5-7-20(19)8-13-27(31)26-12-11-24-23-10-9-21-18-22(30)14-16-28(21,2)25(23)15-17-29(24,26)3/h4-9,13,22-26,30H,10-12,14-18H2,1-3H3/b13-8+/t22?,23-,24-,25-,26?,28-,29-/m0/s1. The molecule has 1 aromatic carbocycles. The molecule has 3 saturated carbocycles. The van der Waals surface area contributed by atoms with Crippen LogP contribution in [0.3, 0.4) is 0 Å². The molecule has 1 aromatic rings. The van der Waals surface area contributed by atoms with E-state index in [1.54, 1.807) is 0 Å². The topological polar surface area (TPSA) is 37.3 Å². The number of benzene rings is 1. The van der Waals surface area contributed by atoms with E-state index >= 15 is 0 Å². The third-order valence-electron chi connectivity index (χ3n) is 10.0. The average molecular weight is 419 g/mol. The lowest BCUT2D eigenvalue weighted by molar-refractivity contribution is -0.124. The number of aryl methyl sites for hydroxylation is 1. The largest absolute Gasteiger partial charge is 0.393 e. The highest BCUT2D eigenvalue weighted by molar-refractivity contribution is 5.96. The van der Waals surface area contributed by atoms with Crippen molar-refractivity contribution < 1.29 is 9.90 Å². The number of allylic oxidation sites excluding steroid dienone is 2. The lowest BCUT2D eigenvalue weighted by atomic mass is 9.47. The Morgan fingerprint density at radius 1 is 1.06 bits per heavy atom. The molecule has 0 aromatic heterocycles. The maximum Gasteiger partial charge on any atom is 0.159 e. The summed E-state index contributed by atoms with van der Waals surface area (Å²) >= 11 is 0. The first kappa shape index (κ1) is 21.2. The molecular weight excluding hydrogens is 380 g/mol. The van der Waals surface area contributed by atoms with Gasteiger partial charge in [-0.15, -0.1) is 0 Å². The zero-order valence-electron chi connectivity index (χ0n) is 19.4. The van der Waals surface area contributed by atoms with Crippen molar-refractivity contribution in [3.63, 3.8) is 0 Å². The van der Waals surface area contributed by atoms with Crippen LogP contribution in [-0.2, 0) is 4.79 Å². The van der Waals surface area contributed by atoms with E-state index in [4.69, 9.17) is 0 Å². The van der Waals surface area contributed by atoms with E-state index in [0.29, 0.717) is 17.6 Å². The summed E-state index contributed by atoms with van der Waals surface area (Å²) in [7, 11) is 0. The first-order valence-corrected chi connectivity index (χ1v) is 12.5. The second-order valence-corrected chi connectivity index (χ2v) is 11.4. The molecule has 0 heterocycles. The molecule has 1 N–H and O–H groups in total. The van der Waals surface area contributed by atoms with Gasteiger partial charge in [0.2, 0.25) is 0 Å². The molecule has 2 unspecified atom stereocenters. The van der Waals surface area contributed by atoms with E-state index in [2.05, 4.69) is 39.0 Å². The summed E-state index contributed by atoms with van der Waals surface area (Å²) in [5.41, 5.74) is 4.32. The number of ketones is 1. The fourth-order valence-electron chi connectivity index (χ4n) is 8.17. The molecule has 3 fully saturated rings. The van der Waals surface area contributed by atoms with Crippen molar-refractivity contribution in [3.05, 3.63) is 53.1 Å². The Bertz CT molecular complexity index is 926. The molecule has 7 atom stereocenters. The maximum atomic E-state index is 13.4. The summed E-state index contributed by atoms with van der Waals surface area (Å²) in [6, 6.07) is 8.29. The molecule has 0 bridgehead atoms. The number of aliphatic hydroxyl groups is 1. The Balaban J connectivity index is 1.37. The van der Waals surface area contributed by atoms with Crippen LogP contribution in [0.1, 0.15) is 76.3 Å². The smallest absolute Gasteiger partial charge is 0.159 e. The van der Waals surface area contributed by atoms with Gasteiger partial charge in [-0.1, -0.05) is 55.8 Å². The third kappa shape index (κ3) is 3.37. The highest BCUT2D eigenvalue weighted by Crippen LogP contribution is 2.66. The Kier molecular flexibility index (Phi) is 5.28. The van der Waals surface area contributed by atoms with Crippen LogP contribution in [0.4, 0.5) is 0 Å². The van der Waals surface area contributed by atoms with E-state index in [0.717, 1.165) is 43.6 Å². The minimum atomic E-state index is -0.141. The minimum Gasteiger partial charge on any atom is -0.393 e. The van der Waals surface area contributed by atoms with Crippen molar-refractivity contribution in [2.75, 3.05) is 0 Å². The van der Waals surface area contributed by atoms with Gasteiger partial charge in [0, 0.05) is 5.92 Å². The molecule has 4 aliphatic rings. The Morgan fingerprint density at radius 3 is 2.68 bits per heavy atom. The van der Waals surface area contributed by atoms with Gasteiger partial charge in [0.15, 0.2) is 5.78 Å². The summed E-state index contributed by atoms with van der Waals surface area (Å²) in [6.45, 7) is 7.01. The van der Waals surface area contributed by atoms with E-state index in [-0.39, 0.29) is 22.9 Å². The van der Waals surface area contributed by atoms with Gasteiger partial charge in [-0.25, -0.2) is 0 Å². The second kappa shape index (κ2) is 7.73. The summed E-state index contributed by atoms with van der Waals surface area (Å²) in [5.74, 6) is 2.61. The van der Waals surface area contributed by atoms with Gasteiger partial charge in [0.05, 0.1) is 6.10 Å². The highest BCUT2D eigenvalue weighted by Gasteiger charge is 2.59. The predicted octanol–water partition coefficient (Wildman–Crippen LogP) is 6.52. The molecule has 0 aliphatic heterocycles. The third-order valence-corrected chi connectivity index (χ3v) is 10.0. The molecule has 4 aliphatic carbocycles. The van der Waals surface area contributed by atoms with Crippen molar-refractivity contribution in [1.29, 1.82) is 0 Å². The van der Waals surface area contributed by atoms with Crippen LogP contribution in [-0.4, -0.2) is 17.0 Å². The monoisotopic (exact) mass is 418 g/mol. The van der Waals surface area contributed by atoms with Crippen molar-refractivity contribution in [2.24, 2.45) is 34.5 Å². The van der Waals surface area contributed by atoms with Crippen molar-refractivity contribution in [2.45, 2.75) is 78.2 Å².